The van der Waals surface area contributed by atoms with Crippen molar-refractivity contribution in [1.29, 1.82) is 0 Å². The van der Waals surface area contributed by atoms with Crippen LogP contribution in [-0.4, -0.2) is 32.6 Å². The maximum absolute atomic E-state index is 12.4. The van der Waals surface area contributed by atoms with Gasteiger partial charge in [-0.15, -0.1) is 0 Å². The third-order valence-electron chi connectivity index (χ3n) is 4.65. The minimum Gasteiger partial charge on any atom is -0.493 e. The maximum Gasteiger partial charge on any atom is 0.226 e. The molecule has 0 fully saturated rings. The van der Waals surface area contributed by atoms with Crippen molar-refractivity contribution in [2.24, 2.45) is 0 Å². The minimum absolute atomic E-state index is 0.0406. The molecule has 6 heteroatoms. The Kier molecular flexibility index (Phi) is 7.26. The number of nitrogens with one attached hydrogen (secondary N) is 1. The smallest absolute Gasteiger partial charge is 0.226 e. The van der Waals surface area contributed by atoms with Crippen molar-refractivity contribution in [2.75, 3.05) is 31.0 Å². The summed E-state index contributed by atoms with van der Waals surface area (Å²) < 4.78 is 10.4. The molecule has 0 aromatic heterocycles. The van der Waals surface area contributed by atoms with Gasteiger partial charge in [-0.3, -0.25) is 9.59 Å². The topological polar surface area (TPSA) is 67.9 Å². The molecule has 0 aliphatic heterocycles. The monoisotopic (exact) mass is 398 g/mol. The predicted molar refractivity (Wildman–Crippen MR) is 116 cm³/mol. The average molecular weight is 399 g/mol. The highest BCUT2D eigenvalue weighted by Crippen LogP contribution is 2.30. The molecule has 0 aliphatic rings. The number of hydrogen-bond acceptors (Lipinski definition) is 4. The van der Waals surface area contributed by atoms with Crippen LogP contribution in [0, 0.1) is 0 Å². The molecule has 0 atom stereocenters. The van der Waals surface area contributed by atoms with Gasteiger partial charge in [0.2, 0.25) is 11.8 Å². The van der Waals surface area contributed by atoms with E-state index in [1.165, 1.54) is 12.5 Å². The quantitative estimate of drug-likeness (QED) is 0.751. The van der Waals surface area contributed by atoms with Crippen LogP contribution >= 0.6 is 0 Å². The number of benzene rings is 2. The number of carbonyl (C=O) groups is 2. The zero-order valence-electron chi connectivity index (χ0n) is 18.0. The normalized spacial score (nSPS) is 11.0. The van der Waals surface area contributed by atoms with Crippen molar-refractivity contribution in [1.82, 2.24) is 0 Å². The van der Waals surface area contributed by atoms with E-state index >= 15 is 0 Å². The molecule has 0 unspecified atom stereocenters. The van der Waals surface area contributed by atoms with Crippen LogP contribution in [0.15, 0.2) is 42.5 Å². The fraction of sp³-hybridized carbons (Fsp3) is 0.391. The highest BCUT2D eigenvalue weighted by atomic mass is 16.5. The second-order valence-corrected chi connectivity index (χ2v) is 7.84. The van der Waals surface area contributed by atoms with E-state index in [-0.39, 0.29) is 23.7 Å². The summed E-state index contributed by atoms with van der Waals surface area (Å²) in [7, 11) is 3.10. The fourth-order valence-electron chi connectivity index (χ4n) is 2.96. The Hall–Kier alpha value is -3.02. The first-order valence-electron chi connectivity index (χ1n) is 9.56. The maximum atomic E-state index is 12.4. The summed E-state index contributed by atoms with van der Waals surface area (Å²) in [6, 6.07) is 13.1. The highest BCUT2D eigenvalue weighted by molar-refractivity contribution is 5.95. The zero-order chi connectivity index (χ0) is 21.6. The van der Waals surface area contributed by atoms with E-state index in [2.05, 4.69) is 26.1 Å². The molecule has 2 rings (SSSR count). The molecule has 0 bridgehead atoms. The van der Waals surface area contributed by atoms with Crippen LogP contribution in [0.4, 0.5) is 11.4 Å². The summed E-state index contributed by atoms with van der Waals surface area (Å²) in [5.41, 5.74) is 2.62. The zero-order valence-corrected chi connectivity index (χ0v) is 18.0. The van der Waals surface area contributed by atoms with Crippen molar-refractivity contribution >= 4 is 23.2 Å². The summed E-state index contributed by atoms with van der Waals surface area (Å²) in [5.74, 6) is 0.837. The number of methoxy groups -OCH3 is 2. The standard InChI is InChI=1S/C23H30N2O4/c1-16(26)25(19-10-7-17(8-11-19)23(2,3)4)14-13-22(27)24-18-9-12-20(28-5)21(15-18)29-6/h7-12,15H,13-14H2,1-6H3,(H,24,27). The summed E-state index contributed by atoms with van der Waals surface area (Å²) in [4.78, 5) is 26.1. The van der Waals surface area contributed by atoms with Gasteiger partial charge in [0.05, 0.1) is 14.2 Å². The van der Waals surface area contributed by atoms with E-state index in [1.807, 2.05) is 24.3 Å². The average Bonchev–Trinajstić information content (AvgIpc) is 2.67. The molecule has 0 saturated carbocycles. The number of anilines is 2. The van der Waals surface area contributed by atoms with E-state index < -0.39 is 0 Å². The van der Waals surface area contributed by atoms with Crippen LogP contribution in [0.5, 0.6) is 11.5 Å². The van der Waals surface area contributed by atoms with E-state index in [9.17, 15) is 9.59 Å². The Morgan fingerprint density at radius 2 is 1.59 bits per heavy atom. The van der Waals surface area contributed by atoms with Crippen molar-refractivity contribution in [3.05, 3.63) is 48.0 Å². The van der Waals surface area contributed by atoms with Gasteiger partial charge in [-0.05, 0) is 35.2 Å². The molecule has 156 valence electrons. The predicted octanol–water partition coefficient (Wildman–Crippen LogP) is 4.38. The number of nitrogens with zero attached hydrogens (tertiary/aromatic N) is 1. The molecule has 0 spiro atoms. The van der Waals surface area contributed by atoms with Gasteiger partial charge in [0.1, 0.15) is 0 Å². The Morgan fingerprint density at radius 1 is 0.966 bits per heavy atom. The minimum atomic E-state index is -0.185. The Morgan fingerprint density at radius 3 is 2.10 bits per heavy atom. The number of ether oxygens (including phenoxy) is 2. The van der Waals surface area contributed by atoms with E-state index in [0.29, 0.717) is 23.7 Å². The Labute approximate surface area is 172 Å². The molecule has 0 heterocycles. The summed E-state index contributed by atoms with van der Waals surface area (Å²) in [6.07, 6.45) is 0.176. The Balaban J connectivity index is 2.03. The highest BCUT2D eigenvalue weighted by Gasteiger charge is 2.17. The molecule has 1 N–H and O–H groups in total. The number of hydrogen-bond donors (Lipinski definition) is 1. The van der Waals surface area contributed by atoms with Crippen LogP contribution in [-0.2, 0) is 15.0 Å². The molecule has 0 radical (unpaired) electrons. The first kappa shape index (κ1) is 22.3. The van der Waals surface area contributed by atoms with Crippen LogP contribution < -0.4 is 19.7 Å². The first-order chi connectivity index (χ1) is 13.7. The van der Waals surface area contributed by atoms with Gasteiger partial charge in [-0.2, -0.15) is 0 Å². The van der Waals surface area contributed by atoms with Crippen LogP contribution in [0.1, 0.15) is 39.7 Å². The fourth-order valence-corrected chi connectivity index (χ4v) is 2.96. The van der Waals surface area contributed by atoms with E-state index in [1.54, 1.807) is 37.3 Å². The van der Waals surface area contributed by atoms with E-state index in [0.717, 1.165) is 5.69 Å². The molecule has 0 saturated heterocycles. The summed E-state index contributed by atoms with van der Waals surface area (Å²) in [5, 5.41) is 2.83. The van der Waals surface area contributed by atoms with Gasteiger partial charge in [0, 0.05) is 37.3 Å². The van der Waals surface area contributed by atoms with Gasteiger partial charge in [-0.25, -0.2) is 0 Å². The summed E-state index contributed by atoms with van der Waals surface area (Å²) >= 11 is 0. The second-order valence-electron chi connectivity index (χ2n) is 7.84. The molecule has 6 nitrogen and oxygen atoms in total. The Bertz CT molecular complexity index is 854. The van der Waals surface area contributed by atoms with Gasteiger partial charge in [0.15, 0.2) is 11.5 Å². The molecule has 2 aromatic rings. The number of amides is 2. The summed E-state index contributed by atoms with van der Waals surface area (Å²) in [6.45, 7) is 8.23. The largest absolute Gasteiger partial charge is 0.493 e. The molecular weight excluding hydrogens is 368 g/mol. The lowest BCUT2D eigenvalue weighted by atomic mass is 9.87. The van der Waals surface area contributed by atoms with Gasteiger partial charge >= 0.3 is 0 Å². The SMILES string of the molecule is COc1ccc(NC(=O)CCN(C(C)=O)c2ccc(C(C)(C)C)cc2)cc1OC. The molecule has 2 amide bonds. The van der Waals surface area contributed by atoms with Crippen molar-refractivity contribution in [2.45, 2.75) is 39.5 Å². The third-order valence-corrected chi connectivity index (χ3v) is 4.65. The van der Waals surface area contributed by atoms with Gasteiger partial charge in [0.25, 0.3) is 0 Å². The molecule has 29 heavy (non-hydrogen) atoms. The molecule has 2 aromatic carbocycles. The lowest BCUT2D eigenvalue weighted by Crippen LogP contribution is -2.32. The van der Waals surface area contributed by atoms with Gasteiger partial charge in [-0.1, -0.05) is 32.9 Å². The molecular formula is C23H30N2O4. The lowest BCUT2D eigenvalue weighted by molar-refractivity contribution is -0.117. The van der Waals surface area contributed by atoms with Crippen molar-refractivity contribution in [3.8, 4) is 11.5 Å². The van der Waals surface area contributed by atoms with Crippen molar-refractivity contribution in [3.63, 3.8) is 0 Å². The van der Waals surface area contributed by atoms with Crippen LogP contribution in [0.25, 0.3) is 0 Å². The van der Waals surface area contributed by atoms with Crippen molar-refractivity contribution < 1.29 is 19.1 Å². The number of rotatable bonds is 7. The van der Waals surface area contributed by atoms with E-state index in [4.69, 9.17) is 9.47 Å². The van der Waals surface area contributed by atoms with Crippen LogP contribution in [0.3, 0.4) is 0 Å². The van der Waals surface area contributed by atoms with Crippen LogP contribution in [0.2, 0.25) is 0 Å². The second kappa shape index (κ2) is 9.45. The first-order valence-corrected chi connectivity index (χ1v) is 9.56. The third kappa shape index (κ3) is 5.98. The lowest BCUT2D eigenvalue weighted by Gasteiger charge is -2.23. The number of carbonyl (C=O) groups excluding carboxylic acids is 2. The molecule has 0 aliphatic carbocycles. The van der Waals surface area contributed by atoms with Gasteiger partial charge < -0.3 is 19.7 Å².